The lowest BCUT2D eigenvalue weighted by molar-refractivity contribution is -0.386. The highest BCUT2D eigenvalue weighted by atomic mass is 16.8. The van der Waals surface area contributed by atoms with E-state index in [9.17, 15) is 101 Å². The number of aliphatic hydroxyl groups is 17. The van der Waals surface area contributed by atoms with Crippen molar-refractivity contribution in [1.82, 2.24) is 0 Å². The number of fused-ring (bicyclic) bond motifs is 7. The Balaban J connectivity index is 0.920. The van der Waals surface area contributed by atoms with Crippen LogP contribution < -0.4 is 0 Å². The van der Waals surface area contributed by atoms with E-state index in [0.29, 0.717) is 32.1 Å². The van der Waals surface area contributed by atoms with Gasteiger partial charge in [0.15, 0.2) is 49.3 Å². The van der Waals surface area contributed by atoms with E-state index in [1.807, 2.05) is 0 Å². The molecule has 0 spiro atoms. The molecule has 4 saturated carbocycles. The zero-order valence-corrected chi connectivity index (χ0v) is 64.2. The molecule has 6 heterocycles. The molecule has 5 aliphatic carbocycles. The molecule has 36 nitrogen and oxygen atoms in total. The highest BCUT2D eigenvalue weighted by Gasteiger charge is 2.74. The second kappa shape index (κ2) is 33.1. The molecule has 0 bridgehead atoms. The first-order valence-corrected chi connectivity index (χ1v) is 38.4. The molecule has 2 unspecified atom stereocenters. The van der Waals surface area contributed by atoms with Crippen molar-refractivity contribution in [3.05, 3.63) is 11.6 Å². The summed E-state index contributed by atoms with van der Waals surface area (Å²) < 4.78 is 90.5. The van der Waals surface area contributed by atoms with Crippen molar-refractivity contribution in [3.63, 3.8) is 0 Å². The Hall–Kier alpha value is -3.50. The molecule has 40 atom stereocenters. The minimum absolute atomic E-state index is 0.0163. The molecule has 0 aromatic carbocycles. The maximum atomic E-state index is 16.4. The van der Waals surface area contributed by atoms with Gasteiger partial charge in [-0.25, -0.2) is 0 Å². The number of hydrogen-bond acceptors (Lipinski definition) is 36. The van der Waals surface area contributed by atoms with Gasteiger partial charge in [0.05, 0.1) is 82.0 Å². The monoisotopic (exact) mass is 1580 g/mol. The van der Waals surface area contributed by atoms with Crippen LogP contribution in [0.3, 0.4) is 0 Å². The first-order valence-electron chi connectivity index (χ1n) is 38.4. The Morgan fingerprint density at radius 3 is 1.82 bits per heavy atom. The van der Waals surface area contributed by atoms with Crippen molar-refractivity contribution in [2.45, 2.75) is 343 Å². The normalized spacial score (nSPS) is 50.6. The number of carbonyl (C=O) groups is 4. The summed E-state index contributed by atoms with van der Waals surface area (Å²) in [6.45, 7) is 16.8. The first-order chi connectivity index (χ1) is 51.3. The van der Waals surface area contributed by atoms with Gasteiger partial charge in [-0.2, -0.15) is 0 Å². The number of hydrogen-bond donors (Lipinski definition) is 17. The van der Waals surface area contributed by atoms with Gasteiger partial charge < -0.3 is 158 Å². The molecule has 0 aromatic rings. The van der Waals surface area contributed by atoms with Gasteiger partial charge in [-0.05, 0) is 125 Å². The highest BCUT2D eigenvalue weighted by Crippen LogP contribution is 2.76. The summed E-state index contributed by atoms with van der Waals surface area (Å²) in [6.07, 6.45) is -49.0. The summed E-state index contributed by atoms with van der Waals surface area (Å²) in [5, 5.41) is 192. The van der Waals surface area contributed by atoms with Crippen LogP contribution in [0.1, 0.15) is 147 Å². The number of aliphatic hydroxyl groups excluding tert-OH is 16. The summed E-state index contributed by atoms with van der Waals surface area (Å²) in [6, 6.07) is 0. The molecule has 0 amide bonds. The minimum Gasteiger partial charge on any atom is -0.463 e. The molecule has 6 aliphatic heterocycles. The third-order valence-corrected chi connectivity index (χ3v) is 26.7. The topological polar surface area (TPSA) is 551 Å². The first kappa shape index (κ1) is 87.3. The molecule has 0 radical (unpaired) electrons. The summed E-state index contributed by atoms with van der Waals surface area (Å²) in [5.41, 5.74) is -7.33. The molecule has 10 fully saturated rings. The number of esters is 4. The number of allylic oxidation sites excluding steroid dienone is 2. The second-order valence-electron chi connectivity index (χ2n) is 34.8. The van der Waals surface area contributed by atoms with E-state index in [1.165, 1.54) is 34.6 Å². The van der Waals surface area contributed by atoms with Crippen LogP contribution >= 0.6 is 0 Å². The van der Waals surface area contributed by atoms with Crippen molar-refractivity contribution in [2.24, 2.45) is 50.2 Å². The van der Waals surface area contributed by atoms with E-state index in [2.05, 4.69) is 40.7 Å². The third kappa shape index (κ3) is 16.0. The molecule has 6 saturated heterocycles. The Labute approximate surface area is 636 Å². The molecular weight excluding hydrogens is 1460 g/mol. The molecule has 36 heteroatoms. The van der Waals surface area contributed by atoms with Gasteiger partial charge in [-0.15, -0.1) is 0 Å². The van der Waals surface area contributed by atoms with Gasteiger partial charge in [0.2, 0.25) is 6.29 Å². The molecule has 11 aliphatic rings. The van der Waals surface area contributed by atoms with E-state index < -0.39 is 304 Å². The summed E-state index contributed by atoms with van der Waals surface area (Å²) in [5.74, 6) is -5.17. The van der Waals surface area contributed by atoms with Crippen LogP contribution in [0.2, 0.25) is 0 Å². The van der Waals surface area contributed by atoms with E-state index >= 15 is 4.79 Å². The lowest BCUT2D eigenvalue weighted by Crippen LogP contribution is -2.70. The predicted octanol–water partition coefficient (Wildman–Crippen LogP) is -3.90. The van der Waals surface area contributed by atoms with Crippen LogP contribution in [0, 0.1) is 50.2 Å². The number of ether oxygens (including phenoxy) is 15. The molecule has 630 valence electrons. The van der Waals surface area contributed by atoms with Crippen molar-refractivity contribution < 1.29 is 177 Å². The van der Waals surface area contributed by atoms with Crippen molar-refractivity contribution in [2.75, 3.05) is 33.0 Å². The van der Waals surface area contributed by atoms with Crippen LogP contribution in [0.25, 0.3) is 0 Å². The Kier molecular flexibility index (Phi) is 26.3. The maximum absolute atomic E-state index is 16.4. The number of carbonyl (C=O) groups excluding carboxylic acids is 4. The fourth-order valence-electron chi connectivity index (χ4n) is 20.4. The second-order valence-corrected chi connectivity index (χ2v) is 34.8. The van der Waals surface area contributed by atoms with E-state index in [4.69, 9.17) is 71.1 Å². The van der Waals surface area contributed by atoms with Crippen LogP contribution in [0.4, 0.5) is 0 Å². The zero-order chi connectivity index (χ0) is 80.9. The van der Waals surface area contributed by atoms with Crippen LogP contribution in [0.5, 0.6) is 0 Å². The fraction of sp³-hybridized carbons (Fsp3) is 0.919. The van der Waals surface area contributed by atoms with Gasteiger partial charge in [0.25, 0.3) is 0 Å². The Morgan fingerprint density at radius 2 is 1.17 bits per heavy atom. The van der Waals surface area contributed by atoms with Gasteiger partial charge in [0.1, 0.15) is 110 Å². The van der Waals surface area contributed by atoms with E-state index in [0.717, 1.165) is 12.5 Å². The lowest BCUT2D eigenvalue weighted by atomic mass is 9.33. The van der Waals surface area contributed by atoms with Gasteiger partial charge in [-0.3, -0.25) is 19.2 Å². The summed E-state index contributed by atoms with van der Waals surface area (Å²) in [7, 11) is 0. The molecule has 110 heavy (non-hydrogen) atoms. The molecule has 17 N–H and O–H groups in total. The van der Waals surface area contributed by atoms with E-state index in [-0.39, 0.29) is 31.1 Å². The third-order valence-electron chi connectivity index (χ3n) is 26.7. The van der Waals surface area contributed by atoms with Gasteiger partial charge >= 0.3 is 23.9 Å². The van der Waals surface area contributed by atoms with Crippen LogP contribution in [-0.4, -0.2) is 340 Å². The highest BCUT2D eigenvalue weighted by molar-refractivity contribution is 5.80. The largest absolute Gasteiger partial charge is 0.463 e. The lowest BCUT2D eigenvalue weighted by Gasteiger charge is -2.72. The fourth-order valence-corrected chi connectivity index (χ4v) is 20.4. The Morgan fingerprint density at radius 1 is 0.573 bits per heavy atom. The Bertz CT molecular complexity index is 3240. The molecule has 11 rings (SSSR count). The van der Waals surface area contributed by atoms with Crippen molar-refractivity contribution in [3.8, 4) is 0 Å². The van der Waals surface area contributed by atoms with Crippen molar-refractivity contribution >= 4 is 23.9 Å². The van der Waals surface area contributed by atoms with E-state index in [1.54, 1.807) is 6.92 Å². The average molecular weight is 1580 g/mol. The van der Waals surface area contributed by atoms with Crippen molar-refractivity contribution in [1.29, 1.82) is 0 Å². The summed E-state index contributed by atoms with van der Waals surface area (Å²) in [4.78, 5) is 55.5. The zero-order valence-electron chi connectivity index (χ0n) is 64.2. The summed E-state index contributed by atoms with van der Waals surface area (Å²) >= 11 is 0. The standard InChI is InChI=1S/C74H118O36/c1-29(77)19-43(82)99-30(2)20-44(83)104-55-33(5)102-65(58(57(55)107-66-59(93)73(95,28-98-66)27-97-34(6)78)108-63-52(91)49(88)54(32(4)101-63)105-61-53(92)56(38(80)25-96-61)106-62-50(89)47(86)45(84)31(3)100-62)110-67(94)74-18-17-68(7,8)21-36(74)35-13-14-41-69(9)22-37(79)60(109-64-51(90)48(87)46(85)39(24-75)103-64)70(10,26-76)40(69)15-16-71(41,11)72(35,12)23-42(74)81/h13,29-33,36-42,45-66,75-77,79-81,84-93,95H,14-28H2,1-12H3/t29?,30?,31-,32-,33+,36-,37-,38+,39+,40+,41+,42+,45-,46+,47+,48-,49-,50+,51+,52+,53+,54-,55-,56-,57-,58+,59-,60-,61-,62-,63-,64-,65-,66-,69-,70-,71+,72+,73+,74+/m0/s1. The predicted molar refractivity (Wildman–Crippen MR) is 366 cm³/mol. The van der Waals surface area contributed by atoms with Gasteiger partial charge in [0, 0.05) is 12.3 Å². The number of rotatable bonds is 22. The minimum atomic E-state index is -2.36. The molecule has 0 aromatic heterocycles. The van der Waals surface area contributed by atoms with Crippen LogP contribution in [-0.2, 0) is 90.2 Å². The smallest absolute Gasteiger partial charge is 0.317 e. The quantitative estimate of drug-likeness (QED) is 0.0213. The average Bonchev–Trinajstić information content (AvgIpc) is 0.696. The SMILES string of the molecule is CC(=O)OC[C@@]1(O)CO[C@@H](O[C@H]2[C@@H](OC(=O)CC(C)OC(=O)CC(C)O)[C@@H](C)O[C@@H](OC(=O)[C@]34CCC(C)(C)C[C@H]3C3=CC[C@@H]5[C@@]6(C)C[C@H](O)[C@H](O[C@@H]7O[C@H](CO)[C@@H](O)[C@H](O)[C@H]7O)[C@@](C)(CO)[C@@H]6CC[C@@]5(C)[C@]3(C)C[C@H]4O)[C@@H]2O[C@@H]2O[C@@H](C)[C@H](O[C@@H]3OC[C@@H](O)[C@H](O[C@@H]4O[C@@H](C)[C@H](O)[C@@H](O)[C@H]4O)[C@H]3O)[C@@H](O)[C@H]2O)[C@@H]1O. The molecular formula is C74H118O36. The van der Waals surface area contributed by atoms with Gasteiger partial charge in [-0.1, -0.05) is 53.2 Å². The maximum Gasteiger partial charge on any atom is 0.317 e. The van der Waals surface area contributed by atoms with Crippen LogP contribution in [0.15, 0.2) is 11.6 Å².